The Hall–Kier alpha value is -3.54. The molecule has 3 atom stereocenters. The molecule has 0 spiro atoms. The highest BCUT2D eigenvalue weighted by atomic mass is 16.5. The summed E-state index contributed by atoms with van der Waals surface area (Å²) in [5.41, 5.74) is 5.71. The van der Waals surface area contributed by atoms with E-state index in [1.807, 2.05) is 54.6 Å². The highest BCUT2D eigenvalue weighted by Crippen LogP contribution is 2.30. The zero-order valence-corrected chi connectivity index (χ0v) is 22.4. The van der Waals surface area contributed by atoms with Crippen molar-refractivity contribution in [3.8, 4) is 0 Å². The van der Waals surface area contributed by atoms with Crippen molar-refractivity contribution < 1.29 is 14.2 Å². The SMILES string of the molecule is C=C1CN(Cc2ccccc2)[C@H](COCc2ccccc2)[C@@H](OCc2ccccc2)[C@@H]1OCc1ccccc1. The molecule has 4 heteroatoms. The van der Waals surface area contributed by atoms with E-state index in [1.54, 1.807) is 0 Å². The van der Waals surface area contributed by atoms with Gasteiger partial charge in [0, 0.05) is 13.1 Å². The number of rotatable bonds is 12. The van der Waals surface area contributed by atoms with Gasteiger partial charge in [0.1, 0.15) is 12.2 Å². The van der Waals surface area contributed by atoms with E-state index in [4.69, 9.17) is 14.2 Å². The molecule has 0 aromatic heterocycles. The van der Waals surface area contributed by atoms with Gasteiger partial charge < -0.3 is 14.2 Å². The van der Waals surface area contributed by atoms with Crippen LogP contribution < -0.4 is 0 Å². The molecule has 4 aromatic carbocycles. The number of hydrogen-bond acceptors (Lipinski definition) is 4. The van der Waals surface area contributed by atoms with Gasteiger partial charge >= 0.3 is 0 Å². The largest absolute Gasteiger partial charge is 0.375 e. The van der Waals surface area contributed by atoms with Crippen molar-refractivity contribution in [2.24, 2.45) is 0 Å². The lowest BCUT2D eigenvalue weighted by Gasteiger charge is -2.46. The number of ether oxygens (including phenoxy) is 3. The van der Waals surface area contributed by atoms with Gasteiger partial charge in [0.2, 0.25) is 0 Å². The second-order valence-corrected chi connectivity index (χ2v) is 10.1. The van der Waals surface area contributed by atoms with Crippen molar-refractivity contribution in [2.45, 2.75) is 44.6 Å². The summed E-state index contributed by atoms with van der Waals surface area (Å²) in [5, 5.41) is 0. The van der Waals surface area contributed by atoms with Gasteiger partial charge in [0.25, 0.3) is 0 Å². The summed E-state index contributed by atoms with van der Waals surface area (Å²) >= 11 is 0. The van der Waals surface area contributed by atoms with Crippen LogP contribution in [0.5, 0.6) is 0 Å². The van der Waals surface area contributed by atoms with Crippen molar-refractivity contribution in [3.63, 3.8) is 0 Å². The fraction of sp³-hybridized carbons (Fsp3) is 0.257. The van der Waals surface area contributed by atoms with E-state index < -0.39 is 0 Å². The maximum Gasteiger partial charge on any atom is 0.108 e. The summed E-state index contributed by atoms with van der Waals surface area (Å²) in [6.45, 7) is 8.07. The van der Waals surface area contributed by atoms with E-state index in [0.717, 1.165) is 35.4 Å². The highest BCUT2D eigenvalue weighted by molar-refractivity contribution is 5.21. The molecule has 1 aliphatic heterocycles. The first-order chi connectivity index (χ1) is 19.3. The van der Waals surface area contributed by atoms with Gasteiger partial charge in [-0.2, -0.15) is 0 Å². The molecule has 4 nitrogen and oxygen atoms in total. The van der Waals surface area contributed by atoms with E-state index in [0.29, 0.717) is 26.4 Å². The van der Waals surface area contributed by atoms with Crippen molar-refractivity contribution >= 4 is 0 Å². The standard InChI is InChI=1S/C35H37NO3/c1-28-22-36(23-29-14-6-2-7-15-29)33(27-37-24-30-16-8-3-9-17-30)35(39-26-32-20-12-5-13-21-32)34(28)38-25-31-18-10-4-11-19-31/h2-21,33-35H,1,22-27H2/t33-,34-,35-/m1/s1. The van der Waals surface area contributed by atoms with Gasteiger partial charge in [-0.1, -0.05) is 128 Å². The predicted molar refractivity (Wildman–Crippen MR) is 156 cm³/mol. The number of hydrogen-bond donors (Lipinski definition) is 0. The Morgan fingerprint density at radius 2 is 1.05 bits per heavy atom. The molecule has 0 aliphatic carbocycles. The quantitative estimate of drug-likeness (QED) is 0.192. The fourth-order valence-electron chi connectivity index (χ4n) is 5.11. The van der Waals surface area contributed by atoms with Crippen molar-refractivity contribution in [3.05, 3.63) is 156 Å². The Morgan fingerprint density at radius 3 is 1.59 bits per heavy atom. The number of benzene rings is 4. The van der Waals surface area contributed by atoms with Crippen LogP contribution in [0.3, 0.4) is 0 Å². The van der Waals surface area contributed by atoms with Crippen LogP contribution in [0.2, 0.25) is 0 Å². The third-order valence-corrected chi connectivity index (χ3v) is 7.14. The van der Waals surface area contributed by atoms with Crippen LogP contribution in [0, 0.1) is 0 Å². The first-order valence-electron chi connectivity index (χ1n) is 13.6. The van der Waals surface area contributed by atoms with Gasteiger partial charge in [-0.25, -0.2) is 0 Å². The highest BCUT2D eigenvalue weighted by Gasteiger charge is 2.42. The zero-order valence-electron chi connectivity index (χ0n) is 22.4. The monoisotopic (exact) mass is 519 g/mol. The summed E-state index contributed by atoms with van der Waals surface area (Å²) in [4.78, 5) is 2.43. The Bertz CT molecular complexity index is 1260. The average Bonchev–Trinajstić information content (AvgIpc) is 2.99. The van der Waals surface area contributed by atoms with E-state index in [1.165, 1.54) is 5.56 Å². The number of nitrogens with zero attached hydrogens (tertiary/aromatic N) is 1. The molecular formula is C35H37NO3. The molecule has 0 amide bonds. The first-order valence-corrected chi connectivity index (χ1v) is 13.6. The third-order valence-electron chi connectivity index (χ3n) is 7.14. The van der Waals surface area contributed by atoms with Gasteiger partial charge in [-0.3, -0.25) is 4.90 Å². The lowest BCUT2D eigenvalue weighted by atomic mass is 9.91. The molecule has 0 N–H and O–H groups in total. The maximum atomic E-state index is 6.72. The van der Waals surface area contributed by atoms with Crippen molar-refractivity contribution in [2.75, 3.05) is 13.2 Å². The number of piperidine rings is 1. The van der Waals surface area contributed by atoms with Crippen molar-refractivity contribution in [1.82, 2.24) is 4.90 Å². The first kappa shape index (κ1) is 27.0. The lowest BCUT2D eigenvalue weighted by molar-refractivity contribution is -0.138. The summed E-state index contributed by atoms with van der Waals surface area (Å²) in [6, 6.07) is 41.5. The van der Waals surface area contributed by atoms with Gasteiger partial charge in [0.05, 0.1) is 32.5 Å². The molecule has 1 saturated heterocycles. The van der Waals surface area contributed by atoms with E-state index in [9.17, 15) is 0 Å². The molecule has 39 heavy (non-hydrogen) atoms. The van der Waals surface area contributed by atoms with Crippen LogP contribution in [0.15, 0.2) is 133 Å². The molecule has 4 aromatic rings. The van der Waals surface area contributed by atoms with Gasteiger partial charge in [0.15, 0.2) is 0 Å². The zero-order chi connectivity index (χ0) is 26.7. The van der Waals surface area contributed by atoms with Crippen LogP contribution in [0.1, 0.15) is 22.3 Å². The Kier molecular flexibility index (Phi) is 9.72. The molecule has 0 unspecified atom stereocenters. The minimum atomic E-state index is -0.244. The molecule has 200 valence electrons. The van der Waals surface area contributed by atoms with Crippen LogP contribution in [0.4, 0.5) is 0 Å². The molecule has 0 bridgehead atoms. The van der Waals surface area contributed by atoms with Gasteiger partial charge in [-0.15, -0.1) is 0 Å². The Balaban J connectivity index is 1.39. The second kappa shape index (κ2) is 14.0. The molecule has 1 aliphatic rings. The smallest absolute Gasteiger partial charge is 0.108 e. The van der Waals surface area contributed by atoms with E-state index in [-0.39, 0.29) is 18.2 Å². The topological polar surface area (TPSA) is 30.9 Å². The minimum Gasteiger partial charge on any atom is -0.375 e. The second-order valence-electron chi connectivity index (χ2n) is 10.1. The number of likely N-dealkylation sites (tertiary alicyclic amines) is 1. The predicted octanol–water partition coefficient (Wildman–Crippen LogP) is 6.81. The minimum absolute atomic E-state index is 0.0103. The van der Waals surface area contributed by atoms with Crippen LogP contribution in [0.25, 0.3) is 0 Å². The fourth-order valence-corrected chi connectivity index (χ4v) is 5.11. The normalized spacial score (nSPS) is 19.7. The molecule has 1 fully saturated rings. The Labute approximate surface area is 232 Å². The molecule has 5 rings (SSSR count). The van der Waals surface area contributed by atoms with Crippen molar-refractivity contribution in [1.29, 1.82) is 0 Å². The maximum absolute atomic E-state index is 6.72. The summed E-state index contributed by atoms with van der Waals surface area (Å²) in [6.07, 6.45) is -0.485. The molecule has 0 radical (unpaired) electrons. The Morgan fingerprint density at radius 1 is 0.590 bits per heavy atom. The molecule has 0 saturated carbocycles. The average molecular weight is 520 g/mol. The molecular weight excluding hydrogens is 482 g/mol. The molecule has 1 heterocycles. The van der Waals surface area contributed by atoms with Crippen LogP contribution in [-0.4, -0.2) is 36.3 Å². The lowest BCUT2D eigenvalue weighted by Crippen LogP contribution is -2.58. The van der Waals surface area contributed by atoms with E-state index in [2.05, 4.69) is 78.2 Å². The summed E-state index contributed by atoms with van der Waals surface area (Å²) in [5.74, 6) is 0. The van der Waals surface area contributed by atoms with E-state index >= 15 is 0 Å². The summed E-state index contributed by atoms with van der Waals surface area (Å²) in [7, 11) is 0. The van der Waals surface area contributed by atoms with Crippen LogP contribution in [-0.2, 0) is 40.6 Å². The summed E-state index contributed by atoms with van der Waals surface area (Å²) < 4.78 is 19.6. The van der Waals surface area contributed by atoms with Crippen LogP contribution >= 0.6 is 0 Å². The third kappa shape index (κ3) is 7.75. The van der Waals surface area contributed by atoms with Gasteiger partial charge in [-0.05, 0) is 27.8 Å².